The molecule has 7 rings (SSSR count). The van der Waals surface area contributed by atoms with Gasteiger partial charge in [-0.25, -0.2) is 12.8 Å². The first kappa shape index (κ1) is 21.1. The molecule has 2 aromatic carbocycles. The molecule has 2 aromatic rings. The second kappa shape index (κ2) is 7.55. The van der Waals surface area contributed by atoms with Crippen molar-refractivity contribution in [3.8, 4) is 0 Å². The average Bonchev–Trinajstić information content (AvgIpc) is 2.78. The molecule has 4 aliphatic carbocycles. The van der Waals surface area contributed by atoms with Gasteiger partial charge in [0, 0.05) is 12.2 Å². The number of carbonyl (C=O) groups is 1. The SMILES string of the molecule is O=C(Nc1ccc2c(c1)N(S(=O)(=O)c1ccc(F)cc1)CCC2)C12CC3CC(CC(C3)C1)C2. The molecule has 4 saturated carbocycles. The van der Waals surface area contributed by atoms with Crippen LogP contribution in [0.15, 0.2) is 47.4 Å². The Morgan fingerprint density at radius 2 is 1.61 bits per heavy atom. The molecule has 4 fully saturated rings. The molecule has 4 bridgehead atoms. The number of nitrogens with zero attached hydrogens (tertiary/aromatic N) is 1. The minimum atomic E-state index is -3.82. The van der Waals surface area contributed by atoms with Crippen LogP contribution in [-0.2, 0) is 21.2 Å². The van der Waals surface area contributed by atoms with Crippen LogP contribution in [-0.4, -0.2) is 20.9 Å². The molecule has 0 unspecified atom stereocenters. The van der Waals surface area contributed by atoms with Gasteiger partial charge in [0.2, 0.25) is 5.91 Å². The first-order valence-corrected chi connectivity index (χ1v) is 13.5. The van der Waals surface area contributed by atoms with E-state index < -0.39 is 15.8 Å². The maximum atomic E-state index is 13.5. The van der Waals surface area contributed by atoms with Crippen LogP contribution in [0.2, 0.25) is 0 Å². The molecule has 0 radical (unpaired) electrons. The molecule has 5 nitrogen and oxygen atoms in total. The molecular weight excluding hydrogens is 439 g/mol. The fraction of sp³-hybridized carbons (Fsp3) is 0.500. The molecular formula is C26H29FN2O3S. The first-order valence-electron chi connectivity index (χ1n) is 12.1. The van der Waals surface area contributed by atoms with E-state index in [4.69, 9.17) is 0 Å². The van der Waals surface area contributed by atoms with Gasteiger partial charge >= 0.3 is 0 Å². The number of carbonyl (C=O) groups excluding carboxylic acids is 1. The molecule has 1 aliphatic heterocycles. The van der Waals surface area contributed by atoms with E-state index in [9.17, 15) is 17.6 Å². The van der Waals surface area contributed by atoms with Gasteiger partial charge in [-0.15, -0.1) is 0 Å². The van der Waals surface area contributed by atoms with Gasteiger partial charge in [-0.2, -0.15) is 0 Å². The number of sulfonamides is 1. The highest BCUT2D eigenvalue weighted by Gasteiger charge is 2.54. The molecule has 174 valence electrons. The van der Waals surface area contributed by atoms with Crippen molar-refractivity contribution in [3.05, 3.63) is 53.8 Å². The zero-order valence-electron chi connectivity index (χ0n) is 18.6. The second-order valence-electron chi connectivity index (χ2n) is 10.6. The van der Waals surface area contributed by atoms with E-state index >= 15 is 0 Å². The van der Waals surface area contributed by atoms with Crippen LogP contribution in [0.1, 0.15) is 50.5 Å². The lowest BCUT2D eigenvalue weighted by Gasteiger charge is -2.55. The minimum Gasteiger partial charge on any atom is -0.326 e. The highest BCUT2D eigenvalue weighted by Crippen LogP contribution is 2.60. The third-order valence-corrected chi connectivity index (χ3v) is 10.2. The summed E-state index contributed by atoms with van der Waals surface area (Å²) in [5.74, 6) is 1.68. The topological polar surface area (TPSA) is 66.5 Å². The lowest BCUT2D eigenvalue weighted by Crippen LogP contribution is -2.51. The Hall–Kier alpha value is -2.41. The predicted octanol–water partition coefficient (Wildman–Crippen LogP) is 5.12. The van der Waals surface area contributed by atoms with E-state index in [1.54, 1.807) is 6.07 Å². The Morgan fingerprint density at radius 3 is 2.24 bits per heavy atom. The van der Waals surface area contributed by atoms with Crippen LogP contribution in [0.25, 0.3) is 0 Å². The monoisotopic (exact) mass is 468 g/mol. The van der Waals surface area contributed by atoms with Crippen LogP contribution < -0.4 is 9.62 Å². The largest absolute Gasteiger partial charge is 0.326 e. The molecule has 1 N–H and O–H groups in total. The normalized spacial score (nSPS) is 30.2. The van der Waals surface area contributed by atoms with Crippen LogP contribution in [0, 0.1) is 29.0 Å². The average molecular weight is 469 g/mol. The standard InChI is InChI=1S/C26H29FN2O3S/c27-21-4-7-23(8-5-21)33(31,32)29-9-1-2-20-3-6-22(13-24(20)29)28-25(30)26-14-17-10-18(15-26)12-19(11-17)16-26/h3-8,13,17-19H,1-2,9-12,14-16H2,(H,28,30). The third-order valence-electron chi connectivity index (χ3n) is 8.34. The van der Waals surface area contributed by atoms with Gasteiger partial charge in [-0.3, -0.25) is 9.10 Å². The molecule has 0 aromatic heterocycles. The number of amides is 1. The molecule has 7 heteroatoms. The number of aryl methyl sites for hydroxylation is 1. The van der Waals surface area contributed by atoms with Crippen LogP contribution >= 0.6 is 0 Å². The number of halogens is 1. The van der Waals surface area contributed by atoms with E-state index in [1.165, 1.54) is 47.8 Å². The van der Waals surface area contributed by atoms with E-state index in [0.29, 0.717) is 42.1 Å². The van der Waals surface area contributed by atoms with Crippen LogP contribution in [0.3, 0.4) is 0 Å². The number of rotatable bonds is 4. The number of benzene rings is 2. The Bertz CT molecular complexity index is 1170. The summed E-state index contributed by atoms with van der Waals surface area (Å²) in [4.78, 5) is 13.6. The second-order valence-corrected chi connectivity index (χ2v) is 12.5. The molecule has 0 spiro atoms. The molecule has 0 atom stereocenters. The number of anilines is 2. The quantitative estimate of drug-likeness (QED) is 0.677. The number of nitrogens with one attached hydrogen (secondary N) is 1. The van der Waals surface area contributed by atoms with Crippen molar-refractivity contribution in [1.29, 1.82) is 0 Å². The highest BCUT2D eigenvalue weighted by molar-refractivity contribution is 7.92. The zero-order valence-corrected chi connectivity index (χ0v) is 19.4. The molecule has 1 heterocycles. The third kappa shape index (κ3) is 3.56. The molecule has 1 amide bonds. The predicted molar refractivity (Wildman–Crippen MR) is 125 cm³/mol. The summed E-state index contributed by atoms with van der Waals surface area (Å²) in [7, 11) is -3.82. The summed E-state index contributed by atoms with van der Waals surface area (Å²) in [5.41, 5.74) is 1.94. The molecule has 5 aliphatic rings. The smallest absolute Gasteiger partial charge is 0.264 e. The van der Waals surface area contributed by atoms with Crippen molar-refractivity contribution in [2.24, 2.45) is 23.2 Å². The summed E-state index contributed by atoms with van der Waals surface area (Å²) < 4.78 is 41.4. The molecule has 33 heavy (non-hydrogen) atoms. The van der Waals surface area contributed by atoms with Gasteiger partial charge in [0.25, 0.3) is 10.0 Å². The maximum Gasteiger partial charge on any atom is 0.264 e. The number of hydrogen-bond acceptors (Lipinski definition) is 3. The van der Waals surface area contributed by atoms with Crippen molar-refractivity contribution in [1.82, 2.24) is 0 Å². The van der Waals surface area contributed by atoms with Crippen LogP contribution in [0.4, 0.5) is 15.8 Å². The summed E-state index contributed by atoms with van der Waals surface area (Å²) in [6.07, 6.45) is 8.30. The fourth-order valence-corrected chi connectivity index (χ4v) is 8.79. The van der Waals surface area contributed by atoms with E-state index in [-0.39, 0.29) is 16.2 Å². The Morgan fingerprint density at radius 1 is 0.970 bits per heavy atom. The van der Waals surface area contributed by atoms with Crippen LogP contribution in [0.5, 0.6) is 0 Å². The fourth-order valence-electron chi connectivity index (χ4n) is 7.25. The number of hydrogen-bond donors (Lipinski definition) is 1. The lowest BCUT2D eigenvalue weighted by molar-refractivity contribution is -0.140. The minimum absolute atomic E-state index is 0.0692. The summed E-state index contributed by atoms with van der Waals surface area (Å²) in [6, 6.07) is 10.6. The van der Waals surface area contributed by atoms with Gasteiger partial charge in [0.15, 0.2) is 0 Å². The Labute approximate surface area is 194 Å². The highest BCUT2D eigenvalue weighted by atomic mass is 32.2. The van der Waals surface area contributed by atoms with E-state index in [2.05, 4.69) is 5.32 Å². The summed E-state index contributed by atoms with van der Waals surface area (Å²) >= 11 is 0. The van der Waals surface area contributed by atoms with Crippen molar-refractivity contribution in [2.45, 2.75) is 56.3 Å². The lowest BCUT2D eigenvalue weighted by atomic mass is 9.49. The van der Waals surface area contributed by atoms with Gasteiger partial charge in [0.05, 0.1) is 16.0 Å². The summed E-state index contributed by atoms with van der Waals surface area (Å²) in [5, 5.41) is 3.16. The molecule has 0 saturated heterocycles. The Balaban J connectivity index is 1.29. The van der Waals surface area contributed by atoms with Crippen molar-refractivity contribution in [2.75, 3.05) is 16.2 Å². The Kier molecular flexibility index (Phi) is 4.84. The maximum absolute atomic E-state index is 13.5. The van der Waals surface area contributed by atoms with Crippen molar-refractivity contribution >= 4 is 27.3 Å². The first-order chi connectivity index (χ1) is 15.8. The van der Waals surface area contributed by atoms with Gasteiger partial charge in [-0.1, -0.05) is 6.07 Å². The van der Waals surface area contributed by atoms with Crippen molar-refractivity contribution < 1.29 is 17.6 Å². The van der Waals surface area contributed by atoms with Gasteiger partial charge in [0.1, 0.15) is 5.82 Å². The van der Waals surface area contributed by atoms with Crippen molar-refractivity contribution in [3.63, 3.8) is 0 Å². The van der Waals surface area contributed by atoms with E-state index in [1.807, 2.05) is 12.1 Å². The van der Waals surface area contributed by atoms with Gasteiger partial charge in [-0.05, 0) is 111 Å². The van der Waals surface area contributed by atoms with E-state index in [0.717, 1.165) is 31.2 Å². The summed E-state index contributed by atoms with van der Waals surface area (Å²) in [6.45, 7) is 0.360. The van der Waals surface area contributed by atoms with Gasteiger partial charge < -0.3 is 5.32 Å². The number of fused-ring (bicyclic) bond motifs is 1. The zero-order chi connectivity index (χ0) is 22.8.